The van der Waals surface area contributed by atoms with E-state index < -0.39 is 5.97 Å². The smallest absolute Gasteiger partial charge is 0.335 e. The zero-order valence-electron chi connectivity index (χ0n) is 23.5. The van der Waals surface area contributed by atoms with Crippen LogP contribution >= 0.6 is 0 Å². The van der Waals surface area contributed by atoms with Crippen molar-refractivity contribution in [2.24, 2.45) is 5.92 Å². The SMILES string of the molecule is Cc1c(C(=O)Nc2ccc(N3CCCC(COc4ccc(C(=O)O)cc4)C3)nc2)oc2ccc(C3C=CC=CC3)cc12. The average molecular weight is 564 g/mol. The lowest BCUT2D eigenvalue weighted by atomic mass is 9.91. The second kappa shape index (κ2) is 11.9. The van der Waals surface area contributed by atoms with Crippen LogP contribution in [0, 0.1) is 12.8 Å². The first-order valence-electron chi connectivity index (χ1n) is 14.3. The molecule has 2 atom stereocenters. The van der Waals surface area contributed by atoms with Gasteiger partial charge < -0.3 is 24.5 Å². The van der Waals surface area contributed by atoms with Crippen molar-refractivity contribution < 1.29 is 23.8 Å². The molecule has 1 fully saturated rings. The Morgan fingerprint density at radius 2 is 1.98 bits per heavy atom. The van der Waals surface area contributed by atoms with E-state index in [2.05, 4.69) is 51.6 Å². The molecule has 1 amide bonds. The monoisotopic (exact) mass is 563 g/mol. The lowest BCUT2D eigenvalue weighted by molar-refractivity contribution is 0.0696. The molecule has 214 valence electrons. The van der Waals surface area contributed by atoms with Crippen LogP contribution in [0.1, 0.15) is 57.2 Å². The van der Waals surface area contributed by atoms with Crippen LogP contribution in [0.2, 0.25) is 0 Å². The van der Waals surface area contributed by atoms with Gasteiger partial charge in [0.2, 0.25) is 0 Å². The van der Waals surface area contributed by atoms with Gasteiger partial charge in [-0.15, -0.1) is 0 Å². The number of aromatic nitrogens is 1. The van der Waals surface area contributed by atoms with Gasteiger partial charge in [0, 0.05) is 35.9 Å². The molecule has 1 aliphatic carbocycles. The Bertz CT molecular complexity index is 1650. The second-order valence-corrected chi connectivity index (χ2v) is 10.9. The van der Waals surface area contributed by atoms with Gasteiger partial charge in [-0.2, -0.15) is 0 Å². The fraction of sp³-hybridized carbons (Fsp3) is 0.265. The number of furan rings is 1. The maximum atomic E-state index is 13.2. The number of amides is 1. The number of nitrogens with one attached hydrogen (secondary N) is 1. The summed E-state index contributed by atoms with van der Waals surface area (Å²) in [6, 6.07) is 16.4. The molecule has 2 aliphatic rings. The van der Waals surface area contributed by atoms with E-state index in [1.165, 1.54) is 5.56 Å². The van der Waals surface area contributed by atoms with Crippen LogP contribution in [-0.2, 0) is 0 Å². The number of aromatic carboxylic acids is 1. The normalized spacial score (nSPS) is 18.3. The molecule has 0 bridgehead atoms. The van der Waals surface area contributed by atoms with Crippen LogP contribution in [0.25, 0.3) is 11.0 Å². The van der Waals surface area contributed by atoms with Crippen molar-refractivity contribution in [1.82, 2.24) is 4.98 Å². The van der Waals surface area contributed by atoms with Gasteiger partial charge in [0.25, 0.3) is 5.91 Å². The van der Waals surface area contributed by atoms with Gasteiger partial charge in [-0.05, 0) is 80.3 Å². The number of pyridine rings is 1. The van der Waals surface area contributed by atoms with Crippen LogP contribution < -0.4 is 15.0 Å². The molecule has 0 saturated carbocycles. The molecule has 2 N–H and O–H groups in total. The molecule has 2 unspecified atom stereocenters. The Kier molecular flexibility index (Phi) is 7.77. The van der Waals surface area contributed by atoms with E-state index in [4.69, 9.17) is 14.3 Å². The third-order valence-electron chi connectivity index (χ3n) is 8.01. The number of carboxylic acids is 1. The quantitative estimate of drug-likeness (QED) is 0.238. The number of hydrogen-bond acceptors (Lipinski definition) is 6. The maximum Gasteiger partial charge on any atom is 0.335 e. The van der Waals surface area contributed by atoms with Crippen molar-refractivity contribution >= 4 is 34.4 Å². The minimum Gasteiger partial charge on any atom is -0.493 e. The van der Waals surface area contributed by atoms with Gasteiger partial charge in [0.05, 0.1) is 24.1 Å². The molecule has 6 rings (SSSR count). The Morgan fingerprint density at radius 1 is 1.12 bits per heavy atom. The molecule has 0 spiro atoms. The van der Waals surface area contributed by atoms with Crippen LogP contribution in [0.3, 0.4) is 0 Å². The lowest BCUT2D eigenvalue weighted by Gasteiger charge is -2.33. The summed E-state index contributed by atoms with van der Waals surface area (Å²) >= 11 is 0. The summed E-state index contributed by atoms with van der Waals surface area (Å²) in [5.74, 6) is 1.22. The van der Waals surface area contributed by atoms with Crippen LogP contribution in [0.15, 0.2) is 89.5 Å². The highest BCUT2D eigenvalue weighted by Gasteiger charge is 2.23. The number of allylic oxidation sites excluding steroid dienone is 4. The standard InChI is InChI=1S/C34H33N3O5/c1-22-29-18-26(24-7-3-2-4-8-24)11-15-30(29)42-32(22)33(38)36-27-12-16-31(35-19-27)37-17-5-6-23(20-37)21-41-28-13-9-25(10-14-28)34(39)40/h2-4,7,9-16,18-19,23-24H,5-6,8,17,20-21H2,1H3,(H,36,38)(H,39,40). The highest BCUT2D eigenvalue weighted by atomic mass is 16.5. The minimum absolute atomic E-state index is 0.240. The summed E-state index contributed by atoms with van der Waals surface area (Å²) in [4.78, 5) is 31.1. The summed E-state index contributed by atoms with van der Waals surface area (Å²) in [5.41, 5.74) is 3.57. The molecule has 4 aromatic rings. The maximum absolute atomic E-state index is 13.2. The summed E-state index contributed by atoms with van der Waals surface area (Å²) in [5, 5.41) is 13.0. The zero-order valence-corrected chi connectivity index (χ0v) is 23.5. The zero-order chi connectivity index (χ0) is 29.1. The Morgan fingerprint density at radius 3 is 2.71 bits per heavy atom. The van der Waals surface area contributed by atoms with Gasteiger partial charge in [0.1, 0.15) is 17.2 Å². The van der Waals surface area contributed by atoms with Gasteiger partial charge in [-0.1, -0.05) is 30.4 Å². The van der Waals surface area contributed by atoms with E-state index >= 15 is 0 Å². The van der Waals surface area contributed by atoms with Crippen LogP contribution in [0.4, 0.5) is 11.5 Å². The van der Waals surface area contributed by atoms with Crippen molar-refractivity contribution in [2.45, 2.75) is 32.1 Å². The second-order valence-electron chi connectivity index (χ2n) is 10.9. The summed E-state index contributed by atoms with van der Waals surface area (Å²) in [7, 11) is 0. The first-order valence-corrected chi connectivity index (χ1v) is 14.3. The first-order chi connectivity index (χ1) is 20.4. The molecular weight excluding hydrogens is 530 g/mol. The number of rotatable bonds is 8. The van der Waals surface area contributed by atoms with E-state index in [1.54, 1.807) is 30.5 Å². The topological polar surface area (TPSA) is 105 Å². The molecule has 42 heavy (non-hydrogen) atoms. The van der Waals surface area contributed by atoms with Gasteiger partial charge >= 0.3 is 5.97 Å². The molecule has 8 heteroatoms. The van der Waals surface area contributed by atoms with Gasteiger partial charge in [-0.25, -0.2) is 9.78 Å². The van der Waals surface area contributed by atoms with Crippen molar-refractivity contribution in [3.05, 3.63) is 108 Å². The minimum atomic E-state index is -0.952. The first kappa shape index (κ1) is 27.3. The molecule has 0 radical (unpaired) electrons. The van der Waals surface area contributed by atoms with Gasteiger partial charge in [0.15, 0.2) is 5.76 Å². The number of benzene rings is 2. The number of hydrogen-bond donors (Lipinski definition) is 2. The predicted octanol–water partition coefficient (Wildman–Crippen LogP) is 6.98. The van der Waals surface area contributed by atoms with E-state index in [-0.39, 0.29) is 11.5 Å². The highest BCUT2D eigenvalue weighted by Crippen LogP contribution is 2.32. The van der Waals surface area contributed by atoms with E-state index in [0.29, 0.717) is 41.2 Å². The largest absolute Gasteiger partial charge is 0.493 e. The molecule has 2 aromatic heterocycles. The number of anilines is 2. The summed E-state index contributed by atoms with van der Waals surface area (Å²) in [6.07, 6.45) is 13.2. The summed E-state index contributed by atoms with van der Waals surface area (Å²) < 4.78 is 11.9. The molecule has 1 saturated heterocycles. The molecular formula is C34H33N3O5. The number of ether oxygens (including phenoxy) is 1. The van der Waals surface area contributed by atoms with Crippen molar-refractivity contribution in [3.8, 4) is 5.75 Å². The molecule has 2 aromatic carbocycles. The molecule has 8 nitrogen and oxygen atoms in total. The predicted molar refractivity (Wildman–Crippen MR) is 163 cm³/mol. The van der Waals surface area contributed by atoms with Crippen LogP contribution in [-0.4, -0.2) is 41.7 Å². The number of fused-ring (bicyclic) bond motifs is 1. The number of carbonyl (C=O) groups excluding carboxylic acids is 1. The number of nitrogens with zero attached hydrogens (tertiary/aromatic N) is 2. The molecule has 1 aliphatic heterocycles. The molecule has 3 heterocycles. The Hall–Kier alpha value is -4.85. The van der Waals surface area contributed by atoms with Gasteiger partial charge in [-0.3, -0.25) is 4.79 Å². The highest BCUT2D eigenvalue weighted by molar-refractivity contribution is 6.06. The summed E-state index contributed by atoms with van der Waals surface area (Å²) in [6.45, 7) is 4.17. The van der Waals surface area contributed by atoms with E-state index in [9.17, 15) is 9.59 Å². The number of carboxylic acid groups (broad SMARTS) is 1. The number of carbonyl (C=O) groups is 2. The lowest BCUT2D eigenvalue weighted by Crippen LogP contribution is -2.38. The number of aryl methyl sites for hydroxylation is 1. The number of piperidine rings is 1. The van der Waals surface area contributed by atoms with E-state index in [0.717, 1.165) is 49.1 Å². The van der Waals surface area contributed by atoms with Crippen molar-refractivity contribution in [3.63, 3.8) is 0 Å². The average Bonchev–Trinajstić information content (AvgIpc) is 3.37. The fourth-order valence-corrected chi connectivity index (χ4v) is 5.67. The fourth-order valence-electron chi connectivity index (χ4n) is 5.67. The third-order valence-corrected chi connectivity index (χ3v) is 8.01. The third kappa shape index (κ3) is 5.93. The van der Waals surface area contributed by atoms with E-state index in [1.807, 2.05) is 25.1 Å². The van der Waals surface area contributed by atoms with Crippen molar-refractivity contribution in [1.29, 1.82) is 0 Å². The van der Waals surface area contributed by atoms with Crippen LogP contribution in [0.5, 0.6) is 5.75 Å². The van der Waals surface area contributed by atoms with Crippen molar-refractivity contribution in [2.75, 3.05) is 29.9 Å². The Labute approximate surface area is 244 Å². The Balaban J connectivity index is 1.07.